The first kappa shape index (κ1) is 14.0. The van der Waals surface area contributed by atoms with Gasteiger partial charge in [-0.25, -0.2) is 4.39 Å². The Morgan fingerprint density at radius 3 is 2.65 bits per heavy atom. The van der Waals surface area contributed by atoms with Gasteiger partial charge in [-0.15, -0.1) is 0 Å². The Balaban J connectivity index is 2.49. The summed E-state index contributed by atoms with van der Waals surface area (Å²) in [6.45, 7) is 0. The fraction of sp³-hybridized carbons (Fsp3) is 0.143. The molecule has 2 rings (SSSR count). The second kappa shape index (κ2) is 5.66. The Bertz CT molecular complexity index is 646. The Hall–Kier alpha value is -2.47. The number of rotatable bonds is 4. The number of nitro groups is 1. The molecule has 0 aliphatic carbocycles. The fourth-order valence-corrected chi connectivity index (χ4v) is 1.96. The molecule has 1 unspecified atom stereocenters. The predicted molar refractivity (Wildman–Crippen MR) is 72.1 cm³/mol. The molecule has 0 saturated carbocycles. The van der Waals surface area contributed by atoms with Crippen LogP contribution in [0.15, 0.2) is 42.5 Å². The van der Waals surface area contributed by atoms with Crippen molar-refractivity contribution in [3.8, 4) is 5.75 Å². The van der Waals surface area contributed by atoms with Gasteiger partial charge in [0.15, 0.2) is 0 Å². The lowest BCUT2D eigenvalue weighted by atomic mass is 9.98. The zero-order chi connectivity index (χ0) is 14.7. The van der Waals surface area contributed by atoms with E-state index in [1.807, 2.05) is 0 Å². The van der Waals surface area contributed by atoms with Gasteiger partial charge in [0.1, 0.15) is 11.6 Å². The van der Waals surface area contributed by atoms with Crippen LogP contribution in [-0.4, -0.2) is 12.0 Å². The minimum atomic E-state index is -0.708. The number of nitrogens with two attached hydrogens (primary N) is 1. The summed E-state index contributed by atoms with van der Waals surface area (Å²) in [4.78, 5) is 10.3. The standard InChI is InChI=1S/C14H13FN2O3/c1-20-13-6-5-11(17(18)19)8-12(13)14(16)9-3-2-4-10(15)7-9/h2-8,14H,16H2,1H3. The van der Waals surface area contributed by atoms with Gasteiger partial charge in [-0.3, -0.25) is 10.1 Å². The van der Waals surface area contributed by atoms with Gasteiger partial charge >= 0.3 is 0 Å². The minimum absolute atomic E-state index is 0.0901. The van der Waals surface area contributed by atoms with E-state index in [0.717, 1.165) is 0 Å². The van der Waals surface area contributed by atoms with E-state index in [4.69, 9.17) is 10.5 Å². The molecular weight excluding hydrogens is 263 g/mol. The number of hydrogen-bond acceptors (Lipinski definition) is 4. The normalized spacial score (nSPS) is 11.9. The van der Waals surface area contributed by atoms with Gasteiger partial charge in [-0.1, -0.05) is 12.1 Å². The van der Waals surface area contributed by atoms with Crippen LogP contribution in [-0.2, 0) is 0 Å². The molecule has 2 aromatic carbocycles. The predicted octanol–water partition coefficient (Wildman–Crippen LogP) is 2.79. The first-order valence-corrected chi connectivity index (χ1v) is 5.86. The number of methoxy groups -OCH3 is 1. The summed E-state index contributed by atoms with van der Waals surface area (Å²) in [6.07, 6.45) is 0. The maximum Gasteiger partial charge on any atom is 0.270 e. The maximum atomic E-state index is 13.2. The van der Waals surface area contributed by atoms with Crippen molar-refractivity contribution in [1.82, 2.24) is 0 Å². The van der Waals surface area contributed by atoms with Crippen molar-refractivity contribution >= 4 is 5.69 Å². The lowest BCUT2D eigenvalue weighted by molar-refractivity contribution is -0.384. The third-order valence-corrected chi connectivity index (χ3v) is 2.97. The van der Waals surface area contributed by atoms with E-state index in [9.17, 15) is 14.5 Å². The monoisotopic (exact) mass is 276 g/mol. The second-order valence-corrected chi connectivity index (χ2v) is 4.22. The minimum Gasteiger partial charge on any atom is -0.496 e. The average Bonchev–Trinajstić information content (AvgIpc) is 2.45. The van der Waals surface area contributed by atoms with Crippen molar-refractivity contribution in [2.75, 3.05) is 7.11 Å². The Labute approximate surface area is 114 Å². The number of benzene rings is 2. The molecule has 0 spiro atoms. The van der Waals surface area contributed by atoms with Crippen molar-refractivity contribution in [3.05, 3.63) is 69.5 Å². The van der Waals surface area contributed by atoms with Crippen molar-refractivity contribution in [2.24, 2.45) is 5.73 Å². The topological polar surface area (TPSA) is 78.4 Å². The van der Waals surface area contributed by atoms with Gasteiger partial charge in [-0.05, 0) is 23.8 Å². The molecule has 0 heterocycles. The zero-order valence-corrected chi connectivity index (χ0v) is 10.7. The lowest BCUT2D eigenvalue weighted by Gasteiger charge is -2.16. The number of nitro benzene ring substituents is 1. The van der Waals surface area contributed by atoms with Crippen LogP contribution >= 0.6 is 0 Å². The van der Waals surface area contributed by atoms with Crippen LogP contribution in [0.1, 0.15) is 17.2 Å². The fourth-order valence-electron chi connectivity index (χ4n) is 1.96. The highest BCUT2D eigenvalue weighted by Gasteiger charge is 2.18. The molecule has 0 bridgehead atoms. The van der Waals surface area contributed by atoms with Crippen molar-refractivity contribution in [3.63, 3.8) is 0 Å². The highest BCUT2D eigenvalue weighted by molar-refractivity contribution is 5.48. The molecule has 0 fully saturated rings. The van der Waals surface area contributed by atoms with Crippen LogP contribution in [0.4, 0.5) is 10.1 Å². The molecule has 6 heteroatoms. The van der Waals surface area contributed by atoms with Crippen molar-refractivity contribution < 1.29 is 14.1 Å². The molecule has 2 aromatic rings. The molecule has 1 atom stereocenters. The Kier molecular flexibility index (Phi) is 3.95. The quantitative estimate of drug-likeness (QED) is 0.688. The highest BCUT2D eigenvalue weighted by Crippen LogP contribution is 2.31. The van der Waals surface area contributed by atoms with E-state index in [1.165, 1.54) is 43.5 Å². The van der Waals surface area contributed by atoms with E-state index in [1.54, 1.807) is 6.07 Å². The first-order valence-electron chi connectivity index (χ1n) is 5.86. The van der Waals surface area contributed by atoms with E-state index in [2.05, 4.69) is 0 Å². The average molecular weight is 276 g/mol. The van der Waals surface area contributed by atoms with Gasteiger partial charge in [0, 0.05) is 17.7 Å². The SMILES string of the molecule is COc1ccc([N+](=O)[O-])cc1C(N)c1cccc(F)c1. The summed E-state index contributed by atoms with van der Waals surface area (Å²) >= 11 is 0. The number of non-ortho nitro benzene ring substituents is 1. The van der Waals surface area contributed by atoms with Gasteiger partial charge in [-0.2, -0.15) is 0 Å². The maximum absolute atomic E-state index is 13.2. The molecule has 0 aliphatic heterocycles. The first-order chi connectivity index (χ1) is 9.52. The molecule has 0 radical (unpaired) electrons. The van der Waals surface area contributed by atoms with Crippen LogP contribution in [0.5, 0.6) is 5.75 Å². The molecule has 20 heavy (non-hydrogen) atoms. The third kappa shape index (κ3) is 2.75. The molecule has 0 aromatic heterocycles. The molecule has 2 N–H and O–H groups in total. The lowest BCUT2D eigenvalue weighted by Crippen LogP contribution is -2.13. The summed E-state index contributed by atoms with van der Waals surface area (Å²) in [6, 6.07) is 9.24. The summed E-state index contributed by atoms with van der Waals surface area (Å²) < 4.78 is 18.4. The molecule has 0 amide bonds. The zero-order valence-electron chi connectivity index (χ0n) is 10.7. The molecule has 104 valence electrons. The van der Waals surface area contributed by atoms with Gasteiger partial charge in [0.05, 0.1) is 18.1 Å². The van der Waals surface area contributed by atoms with Crippen molar-refractivity contribution in [1.29, 1.82) is 0 Å². The summed E-state index contributed by atoms with van der Waals surface area (Å²) in [5.74, 6) is 0.00899. The van der Waals surface area contributed by atoms with Crippen LogP contribution in [0.25, 0.3) is 0 Å². The summed E-state index contributed by atoms with van der Waals surface area (Å²) in [5, 5.41) is 10.8. The molecule has 5 nitrogen and oxygen atoms in total. The van der Waals surface area contributed by atoms with Crippen LogP contribution in [0, 0.1) is 15.9 Å². The molecule has 0 aliphatic rings. The number of ether oxygens (including phenoxy) is 1. The van der Waals surface area contributed by atoms with E-state index in [-0.39, 0.29) is 5.69 Å². The molecular formula is C14H13FN2O3. The second-order valence-electron chi connectivity index (χ2n) is 4.22. The number of halogens is 1. The third-order valence-electron chi connectivity index (χ3n) is 2.97. The van der Waals surface area contributed by atoms with E-state index >= 15 is 0 Å². The summed E-state index contributed by atoms with van der Waals surface area (Å²) in [7, 11) is 1.45. The Morgan fingerprint density at radius 1 is 1.30 bits per heavy atom. The van der Waals surface area contributed by atoms with E-state index in [0.29, 0.717) is 16.9 Å². The van der Waals surface area contributed by atoms with Crippen LogP contribution in [0.3, 0.4) is 0 Å². The highest BCUT2D eigenvalue weighted by atomic mass is 19.1. The van der Waals surface area contributed by atoms with E-state index < -0.39 is 16.8 Å². The van der Waals surface area contributed by atoms with Gasteiger partial charge in [0.2, 0.25) is 0 Å². The van der Waals surface area contributed by atoms with Crippen LogP contribution < -0.4 is 10.5 Å². The number of nitrogens with zero attached hydrogens (tertiary/aromatic N) is 1. The Morgan fingerprint density at radius 2 is 2.05 bits per heavy atom. The molecule has 0 saturated heterocycles. The van der Waals surface area contributed by atoms with Gasteiger partial charge < -0.3 is 10.5 Å². The van der Waals surface area contributed by atoms with Crippen LogP contribution in [0.2, 0.25) is 0 Å². The van der Waals surface area contributed by atoms with Gasteiger partial charge in [0.25, 0.3) is 5.69 Å². The smallest absolute Gasteiger partial charge is 0.270 e. The summed E-state index contributed by atoms with van der Waals surface area (Å²) in [5.41, 5.74) is 6.93. The number of hydrogen-bond donors (Lipinski definition) is 1. The largest absolute Gasteiger partial charge is 0.496 e. The van der Waals surface area contributed by atoms with Crippen molar-refractivity contribution in [2.45, 2.75) is 6.04 Å².